The first-order valence-corrected chi connectivity index (χ1v) is 8.83. The van der Waals surface area contributed by atoms with E-state index in [4.69, 9.17) is 9.47 Å². The number of fused-ring (bicyclic) bond motifs is 1. The van der Waals surface area contributed by atoms with E-state index in [9.17, 15) is 9.18 Å². The van der Waals surface area contributed by atoms with Gasteiger partial charge in [0.2, 0.25) is 6.79 Å². The van der Waals surface area contributed by atoms with Crippen molar-refractivity contribution < 1.29 is 18.7 Å². The van der Waals surface area contributed by atoms with Gasteiger partial charge in [-0.3, -0.25) is 4.79 Å². The van der Waals surface area contributed by atoms with Crippen molar-refractivity contribution in [1.29, 1.82) is 0 Å². The predicted octanol–water partition coefficient (Wildman–Crippen LogP) is 3.86. The number of nitrogens with zero attached hydrogens (tertiary/aromatic N) is 1. The molecule has 4 rings (SSSR count). The Balaban J connectivity index is 1.32. The molecular formula is C21H18FN3O3. The second-order valence-corrected chi connectivity index (χ2v) is 6.22. The molecule has 0 aliphatic carbocycles. The first-order valence-electron chi connectivity index (χ1n) is 8.83. The summed E-state index contributed by atoms with van der Waals surface area (Å²) < 4.78 is 24.2. The SMILES string of the molecule is O=C(Nc1ccc2c(c1)OCO2)c1ccc(NCCc2ccccc2F)nc1. The van der Waals surface area contributed by atoms with E-state index in [-0.39, 0.29) is 18.5 Å². The number of amides is 1. The summed E-state index contributed by atoms with van der Waals surface area (Å²) in [6.07, 6.45) is 2.04. The zero-order chi connectivity index (χ0) is 19.3. The molecule has 1 aliphatic heterocycles. The number of carbonyl (C=O) groups excluding carboxylic acids is 1. The van der Waals surface area contributed by atoms with Crippen molar-refractivity contribution in [1.82, 2.24) is 4.98 Å². The fourth-order valence-corrected chi connectivity index (χ4v) is 2.84. The first-order chi connectivity index (χ1) is 13.7. The fourth-order valence-electron chi connectivity index (χ4n) is 2.84. The zero-order valence-corrected chi connectivity index (χ0v) is 14.9. The van der Waals surface area contributed by atoms with Crippen LogP contribution in [0.2, 0.25) is 0 Å². The Kier molecular flexibility index (Phi) is 5.05. The molecule has 6 nitrogen and oxygen atoms in total. The molecule has 0 spiro atoms. The molecule has 2 aromatic carbocycles. The Hall–Kier alpha value is -3.61. The fraction of sp³-hybridized carbons (Fsp3) is 0.143. The van der Waals surface area contributed by atoms with Crippen LogP contribution in [0.5, 0.6) is 11.5 Å². The molecule has 0 unspecified atom stereocenters. The molecular weight excluding hydrogens is 361 g/mol. The summed E-state index contributed by atoms with van der Waals surface area (Å²) in [5.74, 6) is 1.39. The number of hydrogen-bond acceptors (Lipinski definition) is 5. The molecule has 1 aliphatic rings. The smallest absolute Gasteiger partial charge is 0.257 e. The van der Waals surface area contributed by atoms with Gasteiger partial charge in [0.05, 0.1) is 5.56 Å². The summed E-state index contributed by atoms with van der Waals surface area (Å²) in [5.41, 5.74) is 1.69. The number of pyridine rings is 1. The quantitative estimate of drug-likeness (QED) is 0.681. The summed E-state index contributed by atoms with van der Waals surface area (Å²) in [6, 6.07) is 15.3. The van der Waals surface area contributed by atoms with E-state index in [1.54, 1.807) is 42.5 Å². The van der Waals surface area contributed by atoms with Crippen molar-refractivity contribution >= 4 is 17.4 Å². The van der Waals surface area contributed by atoms with Gasteiger partial charge in [-0.15, -0.1) is 0 Å². The highest BCUT2D eigenvalue weighted by molar-refractivity contribution is 6.04. The Morgan fingerprint density at radius 2 is 1.93 bits per heavy atom. The van der Waals surface area contributed by atoms with Gasteiger partial charge in [0.25, 0.3) is 5.91 Å². The molecule has 0 fully saturated rings. The van der Waals surface area contributed by atoms with Crippen LogP contribution in [0.4, 0.5) is 15.9 Å². The van der Waals surface area contributed by atoms with Gasteiger partial charge in [0, 0.05) is 24.5 Å². The molecule has 2 N–H and O–H groups in total. The number of anilines is 2. The molecule has 0 bridgehead atoms. The number of aromatic nitrogens is 1. The first kappa shape index (κ1) is 17.8. The molecule has 3 aromatic rings. The maximum atomic E-state index is 13.6. The summed E-state index contributed by atoms with van der Waals surface area (Å²) in [7, 11) is 0. The summed E-state index contributed by atoms with van der Waals surface area (Å²) >= 11 is 0. The van der Waals surface area contributed by atoms with Gasteiger partial charge >= 0.3 is 0 Å². The number of nitrogens with one attached hydrogen (secondary N) is 2. The van der Waals surface area contributed by atoms with E-state index in [0.717, 1.165) is 0 Å². The van der Waals surface area contributed by atoms with Gasteiger partial charge in [-0.25, -0.2) is 9.37 Å². The van der Waals surface area contributed by atoms with Gasteiger partial charge in [0.1, 0.15) is 11.6 Å². The lowest BCUT2D eigenvalue weighted by Crippen LogP contribution is -2.13. The molecule has 2 heterocycles. The number of carbonyl (C=O) groups is 1. The van der Waals surface area contributed by atoms with Crippen LogP contribution in [-0.4, -0.2) is 24.2 Å². The number of benzene rings is 2. The minimum atomic E-state index is -0.274. The van der Waals surface area contributed by atoms with Gasteiger partial charge < -0.3 is 20.1 Å². The minimum Gasteiger partial charge on any atom is -0.454 e. The summed E-state index contributed by atoms with van der Waals surface area (Å²) in [4.78, 5) is 16.6. The minimum absolute atomic E-state index is 0.183. The molecule has 0 saturated carbocycles. The van der Waals surface area contributed by atoms with Gasteiger partial charge in [0.15, 0.2) is 11.5 Å². The second kappa shape index (κ2) is 7.96. The van der Waals surface area contributed by atoms with Crippen LogP contribution in [0.1, 0.15) is 15.9 Å². The standard InChI is InChI=1S/C21H18FN3O3/c22-17-4-2-1-3-14(17)9-10-23-20-8-5-15(12-24-20)21(26)25-16-6-7-18-19(11-16)28-13-27-18/h1-8,11-12H,9-10,13H2,(H,23,24)(H,25,26). The summed E-state index contributed by atoms with van der Waals surface area (Å²) in [6.45, 7) is 0.721. The average Bonchev–Trinajstić information content (AvgIpc) is 3.18. The van der Waals surface area contributed by atoms with Crippen LogP contribution in [0.25, 0.3) is 0 Å². The van der Waals surface area contributed by atoms with E-state index in [0.29, 0.717) is 47.1 Å². The maximum absolute atomic E-state index is 13.6. The lowest BCUT2D eigenvalue weighted by Gasteiger charge is -2.08. The number of halogens is 1. The van der Waals surface area contributed by atoms with E-state index in [1.807, 2.05) is 6.07 Å². The molecule has 0 radical (unpaired) electrons. The zero-order valence-electron chi connectivity index (χ0n) is 14.9. The Morgan fingerprint density at radius 3 is 2.75 bits per heavy atom. The third kappa shape index (κ3) is 4.03. The van der Waals surface area contributed by atoms with E-state index < -0.39 is 0 Å². The third-order valence-corrected chi connectivity index (χ3v) is 4.31. The molecule has 1 amide bonds. The van der Waals surface area contributed by atoms with Crippen molar-refractivity contribution in [3.05, 3.63) is 77.7 Å². The van der Waals surface area contributed by atoms with Crippen LogP contribution in [0, 0.1) is 5.82 Å². The van der Waals surface area contributed by atoms with Crippen LogP contribution in [-0.2, 0) is 6.42 Å². The number of rotatable bonds is 6. The van der Waals surface area contributed by atoms with Crippen LogP contribution in [0.15, 0.2) is 60.8 Å². The van der Waals surface area contributed by atoms with Crippen LogP contribution in [0.3, 0.4) is 0 Å². The average molecular weight is 379 g/mol. The second-order valence-electron chi connectivity index (χ2n) is 6.22. The highest BCUT2D eigenvalue weighted by atomic mass is 19.1. The molecule has 28 heavy (non-hydrogen) atoms. The van der Waals surface area contributed by atoms with Gasteiger partial charge in [-0.2, -0.15) is 0 Å². The van der Waals surface area contributed by atoms with Crippen molar-refractivity contribution in [3.63, 3.8) is 0 Å². The van der Waals surface area contributed by atoms with Crippen molar-refractivity contribution in [2.24, 2.45) is 0 Å². The number of ether oxygens (including phenoxy) is 2. The normalized spacial score (nSPS) is 11.9. The maximum Gasteiger partial charge on any atom is 0.257 e. The van der Waals surface area contributed by atoms with E-state index in [2.05, 4.69) is 15.6 Å². The van der Waals surface area contributed by atoms with Crippen LogP contribution >= 0.6 is 0 Å². The van der Waals surface area contributed by atoms with Gasteiger partial charge in [-0.05, 0) is 42.3 Å². The number of hydrogen-bond donors (Lipinski definition) is 2. The Labute approximate surface area is 161 Å². The molecule has 7 heteroatoms. The topological polar surface area (TPSA) is 72.5 Å². The highest BCUT2D eigenvalue weighted by Gasteiger charge is 2.14. The largest absolute Gasteiger partial charge is 0.454 e. The lowest BCUT2D eigenvalue weighted by atomic mass is 10.1. The van der Waals surface area contributed by atoms with Crippen molar-refractivity contribution in [2.75, 3.05) is 24.0 Å². The van der Waals surface area contributed by atoms with Crippen molar-refractivity contribution in [3.8, 4) is 11.5 Å². The van der Waals surface area contributed by atoms with E-state index >= 15 is 0 Å². The molecule has 0 saturated heterocycles. The third-order valence-electron chi connectivity index (χ3n) is 4.31. The van der Waals surface area contributed by atoms with Crippen molar-refractivity contribution in [2.45, 2.75) is 6.42 Å². The lowest BCUT2D eigenvalue weighted by molar-refractivity contribution is 0.102. The summed E-state index contributed by atoms with van der Waals surface area (Å²) in [5, 5.41) is 5.93. The molecule has 0 atom stereocenters. The monoisotopic (exact) mass is 379 g/mol. The molecule has 1 aromatic heterocycles. The Morgan fingerprint density at radius 1 is 1.07 bits per heavy atom. The van der Waals surface area contributed by atoms with Gasteiger partial charge in [-0.1, -0.05) is 18.2 Å². The molecule has 142 valence electrons. The Bertz CT molecular complexity index is 992. The van der Waals surface area contributed by atoms with E-state index in [1.165, 1.54) is 12.3 Å². The highest BCUT2D eigenvalue weighted by Crippen LogP contribution is 2.34. The van der Waals surface area contributed by atoms with Crippen LogP contribution < -0.4 is 20.1 Å². The predicted molar refractivity (Wildman–Crippen MR) is 103 cm³/mol.